The average Bonchev–Trinajstić information content (AvgIpc) is 2.60. The van der Waals surface area contributed by atoms with Gasteiger partial charge in [0.1, 0.15) is 0 Å². The molecular weight excluding hydrogens is 188 g/mol. The van der Waals surface area contributed by atoms with E-state index in [1.165, 1.54) is 19.5 Å². The largest absolute Gasteiger partial charge is 0.341 e. The van der Waals surface area contributed by atoms with Crippen LogP contribution in [0.2, 0.25) is 0 Å². The summed E-state index contributed by atoms with van der Waals surface area (Å²) in [6.07, 6.45) is 1.93. The van der Waals surface area contributed by atoms with Gasteiger partial charge in [-0.15, -0.1) is 0 Å². The predicted molar refractivity (Wildman–Crippen MR) is 62.8 cm³/mol. The van der Waals surface area contributed by atoms with E-state index in [0.717, 1.165) is 13.1 Å². The fourth-order valence-electron chi connectivity index (χ4n) is 2.58. The molecule has 1 spiro atoms. The van der Waals surface area contributed by atoms with E-state index in [-0.39, 0.29) is 0 Å². The van der Waals surface area contributed by atoms with E-state index in [4.69, 9.17) is 0 Å². The van der Waals surface area contributed by atoms with E-state index in [0.29, 0.717) is 17.7 Å². The number of rotatable bonds is 1. The molecule has 2 rings (SSSR count). The van der Waals surface area contributed by atoms with Gasteiger partial charge in [0.05, 0.1) is 0 Å². The molecule has 0 bridgehead atoms. The molecule has 3 nitrogen and oxygen atoms in total. The van der Waals surface area contributed by atoms with Crippen LogP contribution in [0.25, 0.3) is 0 Å². The van der Waals surface area contributed by atoms with Crippen molar-refractivity contribution in [3.05, 3.63) is 0 Å². The molecule has 88 valence electrons. The molecule has 0 aromatic heterocycles. The van der Waals surface area contributed by atoms with Gasteiger partial charge in [0.25, 0.3) is 0 Å². The lowest BCUT2D eigenvalue weighted by molar-refractivity contribution is -0.142. The monoisotopic (exact) mass is 212 g/mol. The Labute approximate surface area is 93.4 Å². The molecule has 0 aromatic carbocycles. The Hall–Kier alpha value is -0.570. The van der Waals surface area contributed by atoms with E-state index in [9.17, 15) is 4.79 Å². The topological polar surface area (TPSA) is 23.6 Å². The molecule has 15 heavy (non-hydrogen) atoms. The number of carbonyl (C=O) groups is 1. The van der Waals surface area contributed by atoms with E-state index < -0.39 is 0 Å². The van der Waals surface area contributed by atoms with Crippen molar-refractivity contribution in [2.24, 2.45) is 5.41 Å². The molecule has 1 amide bonds. The Balaban J connectivity index is 0.000000531. The summed E-state index contributed by atoms with van der Waals surface area (Å²) in [7, 11) is 2.17. The maximum absolute atomic E-state index is 11.3. The zero-order valence-corrected chi connectivity index (χ0v) is 10.5. The van der Waals surface area contributed by atoms with E-state index in [2.05, 4.69) is 11.9 Å². The Kier molecular flexibility index (Phi) is 4.14. The molecule has 2 aliphatic heterocycles. The van der Waals surface area contributed by atoms with Gasteiger partial charge >= 0.3 is 0 Å². The number of likely N-dealkylation sites (tertiary alicyclic amines) is 2. The lowest BCUT2D eigenvalue weighted by Crippen LogP contribution is -2.59. The van der Waals surface area contributed by atoms with Crippen molar-refractivity contribution in [1.29, 1.82) is 0 Å². The highest BCUT2D eigenvalue weighted by molar-refractivity contribution is 5.76. The molecule has 0 radical (unpaired) electrons. The number of nitrogens with zero attached hydrogens (tertiary/aromatic N) is 2. The van der Waals surface area contributed by atoms with Gasteiger partial charge in [0.2, 0.25) is 5.91 Å². The first-order valence-electron chi connectivity index (χ1n) is 6.11. The average molecular weight is 212 g/mol. The SMILES string of the molecule is CC.CCC(=O)N1CC2(CCN(C)C2)C1. The summed E-state index contributed by atoms with van der Waals surface area (Å²) in [6.45, 7) is 10.3. The molecule has 0 saturated carbocycles. The van der Waals surface area contributed by atoms with Crippen LogP contribution >= 0.6 is 0 Å². The van der Waals surface area contributed by atoms with Gasteiger partial charge in [-0.25, -0.2) is 0 Å². The Morgan fingerprint density at radius 1 is 1.27 bits per heavy atom. The van der Waals surface area contributed by atoms with Crippen molar-refractivity contribution in [3.63, 3.8) is 0 Å². The minimum Gasteiger partial charge on any atom is -0.341 e. The molecule has 2 fully saturated rings. The molecule has 2 heterocycles. The van der Waals surface area contributed by atoms with Gasteiger partial charge in [-0.2, -0.15) is 0 Å². The van der Waals surface area contributed by atoms with Crippen molar-refractivity contribution in [3.8, 4) is 0 Å². The van der Waals surface area contributed by atoms with Crippen LogP contribution in [-0.4, -0.2) is 48.9 Å². The van der Waals surface area contributed by atoms with Crippen molar-refractivity contribution < 1.29 is 4.79 Å². The van der Waals surface area contributed by atoms with Gasteiger partial charge in [-0.3, -0.25) is 4.79 Å². The maximum atomic E-state index is 11.3. The molecule has 0 N–H and O–H groups in total. The van der Waals surface area contributed by atoms with Crippen molar-refractivity contribution in [2.75, 3.05) is 33.2 Å². The standard InChI is InChI=1S/C10H18N2O.C2H6/c1-3-9(13)12-7-10(8-12)4-5-11(2)6-10;1-2/h3-8H2,1-2H3;1-2H3. The fourth-order valence-corrected chi connectivity index (χ4v) is 2.58. The summed E-state index contributed by atoms with van der Waals surface area (Å²) in [5, 5.41) is 0. The summed E-state index contributed by atoms with van der Waals surface area (Å²) in [5.74, 6) is 0.320. The van der Waals surface area contributed by atoms with Gasteiger partial charge in [0, 0.05) is 31.5 Å². The maximum Gasteiger partial charge on any atom is 0.222 e. The second kappa shape index (κ2) is 4.97. The van der Waals surface area contributed by atoms with Crippen LogP contribution in [0, 0.1) is 5.41 Å². The highest BCUT2D eigenvalue weighted by Gasteiger charge is 2.47. The zero-order valence-electron chi connectivity index (χ0n) is 10.5. The van der Waals surface area contributed by atoms with E-state index in [1.807, 2.05) is 25.7 Å². The molecule has 0 atom stereocenters. The molecule has 3 heteroatoms. The summed E-state index contributed by atoms with van der Waals surface area (Å²) < 4.78 is 0. The van der Waals surface area contributed by atoms with Crippen LogP contribution in [0.15, 0.2) is 0 Å². The highest BCUT2D eigenvalue weighted by atomic mass is 16.2. The number of amides is 1. The second-order valence-electron chi connectivity index (χ2n) is 4.59. The molecule has 0 aliphatic carbocycles. The van der Waals surface area contributed by atoms with E-state index in [1.54, 1.807) is 0 Å². The third-order valence-corrected chi connectivity index (χ3v) is 3.34. The number of hydrogen-bond acceptors (Lipinski definition) is 2. The summed E-state index contributed by atoms with van der Waals surface area (Å²) in [5.41, 5.74) is 0.472. The highest BCUT2D eigenvalue weighted by Crippen LogP contribution is 2.38. The zero-order chi connectivity index (χ0) is 11.5. The first-order chi connectivity index (χ1) is 7.15. The summed E-state index contributed by atoms with van der Waals surface area (Å²) in [4.78, 5) is 15.7. The van der Waals surface area contributed by atoms with Crippen LogP contribution in [0.1, 0.15) is 33.6 Å². The lowest BCUT2D eigenvalue weighted by Gasteiger charge is -2.48. The van der Waals surface area contributed by atoms with Gasteiger partial charge < -0.3 is 9.80 Å². The number of carbonyl (C=O) groups excluding carboxylic acids is 1. The van der Waals surface area contributed by atoms with Crippen LogP contribution in [0.4, 0.5) is 0 Å². The molecule has 0 unspecified atom stereocenters. The van der Waals surface area contributed by atoms with Gasteiger partial charge in [0.15, 0.2) is 0 Å². The first kappa shape index (κ1) is 12.5. The van der Waals surface area contributed by atoms with Crippen molar-refractivity contribution >= 4 is 5.91 Å². The van der Waals surface area contributed by atoms with Crippen LogP contribution < -0.4 is 0 Å². The minimum atomic E-state index is 0.320. The van der Waals surface area contributed by atoms with Crippen molar-refractivity contribution in [2.45, 2.75) is 33.6 Å². The van der Waals surface area contributed by atoms with Gasteiger partial charge in [-0.05, 0) is 20.0 Å². The normalized spacial score (nSPS) is 23.3. The Bertz CT molecular complexity index is 222. The molecule has 2 aliphatic rings. The summed E-state index contributed by atoms with van der Waals surface area (Å²) in [6, 6.07) is 0. The minimum absolute atomic E-state index is 0.320. The predicted octanol–water partition coefficient (Wildman–Crippen LogP) is 1.59. The second-order valence-corrected chi connectivity index (χ2v) is 4.59. The Morgan fingerprint density at radius 2 is 1.87 bits per heavy atom. The third-order valence-electron chi connectivity index (χ3n) is 3.34. The third kappa shape index (κ3) is 2.51. The van der Waals surface area contributed by atoms with Crippen LogP contribution in [-0.2, 0) is 4.79 Å². The fraction of sp³-hybridized carbons (Fsp3) is 0.917. The Morgan fingerprint density at radius 3 is 2.27 bits per heavy atom. The van der Waals surface area contributed by atoms with Crippen molar-refractivity contribution in [1.82, 2.24) is 9.80 Å². The molecule has 2 saturated heterocycles. The number of hydrogen-bond donors (Lipinski definition) is 0. The summed E-state index contributed by atoms with van der Waals surface area (Å²) >= 11 is 0. The quantitative estimate of drug-likeness (QED) is 0.659. The molecule has 0 aromatic rings. The van der Waals surface area contributed by atoms with E-state index >= 15 is 0 Å². The molecular formula is C12H24N2O. The smallest absolute Gasteiger partial charge is 0.222 e. The lowest BCUT2D eigenvalue weighted by atomic mass is 9.79. The van der Waals surface area contributed by atoms with Crippen LogP contribution in [0.5, 0.6) is 0 Å². The van der Waals surface area contributed by atoms with Gasteiger partial charge in [-0.1, -0.05) is 20.8 Å². The first-order valence-corrected chi connectivity index (χ1v) is 6.11. The van der Waals surface area contributed by atoms with Crippen LogP contribution in [0.3, 0.4) is 0 Å².